The van der Waals surface area contributed by atoms with E-state index in [-0.39, 0.29) is 6.42 Å². The Kier molecular flexibility index (Phi) is 5.90. The summed E-state index contributed by atoms with van der Waals surface area (Å²) in [7, 11) is 5.09. The van der Waals surface area contributed by atoms with Crippen LogP contribution in [0.5, 0.6) is 11.5 Å². The number of alkyl halides is 1. The van der Waals surface area contributed by atoms with Crippen molar-refractivity contribution >= 4 is 23.5 Å². The van der Waals surface area contributed by atoms with Crippen molar-refractivity contribution < 1.29 is 28.5 Å². The second-order valence-corrected chi connectivity index (χ2v) is 6.01. The van der Waals surface area contributed by atoms with Gasteiger partial charge >= 0.3 is 17.2 Å². The van der Waals surface area contributed by atoms with Gasteiger partial charge in [0.25, 0.3) is 0 Å². The molecule has 2 rings (SSSR count). The Morgan fingerprint density at radius 3 is 2.29 bits per heavy atom. The van der Waals surface area contributed by atoms with E-state index >= 15 is 0 Å². The number of halogens is 1. The molecule has 7 nitrogen and oxygen atoms in total. The van der Waals surface area contributed by atoms with Gasteiger partial charge in [0.2, 0.25) is 0 Å². The van der Waals surface area contributed by atoms with Gasteiger partial charge in [-0.1, -0.05) is 6.07 Å². The van der Waals surface area contributed by atoms with E-state index in [4.69, 9.17) is 30.5 Å². The molecule has 0 aromatic heterocycles. The number of hydrogen-bond donors (Lipinski definition) is 0. The highest BCUT2D eigenvalue weighted by molar-refractivity contribution is 6.35. The van der Waals surface area contributed by atoms with Crippen molar-refractivity contribution in [2.24, 2.45) is 0 Å². The molecule has 0 radical (unpaired) electrons. The first-order chi connectivity index (χ1) is 11.4. The quantitative estimate of drug-likeness (QED) is 0.397. The van der Waals surface area contributed by atoms with Crippen LogP contribution in [0.3, 0.4) is 0 Å². The monoisotopic (exact) mass is 357 g/mol. The van der Waals surface area contributed by atoms with Gasteiger partial charge in [0.15, 0.2) is 11.5 Å². The molecular weight excluding hydrogens is 338 g/mol. The minimum atomic E-state index is -1.69. The molecule has 1 aromatic rings. The van der Waals surface area contributed by atoms with E-state index in [1.54, 1.807) is 14.2 Å². The van der Waals surface area contributed by atoms with Crippen LogP contribution >= 0.6 is 11.6 Å². The summed E-state index contributed by atoms with van der Waals surface area (Å²) in [5.41, 5.74) is 1.10. The molecule has 0 spiro atoms. The van der Waals surface area contributed by atoms with Gasteiger partial charge in [0, 0.05) is 13.1 Å². The molecule has 1 aromatic carbocycles. The third-order valence-electron chi connectivity index (χ3n) is 3.68. The summed E-state index contributed by atoms with van der Waals surface area (Å²) in [4.78, 5) is 24.1. The largest absolute Gasteiger partial charge is 0.493 e. The molecule has 0 N–H and O–H groups in total. The van der Waals surface area contributed by atoms with E-state index in [1.807, 2.05) is 30.1 Å². The normalized spacial score (nSPS) is 16.0. The number of benzene rings is 1. The first-order valence-electron chi connectivity index (χ1n) is 7.41. The molecule has 1 fully saturated rings. The highest BCUT2D eigenvalue weighted by Gasteiger charge is 2.47. The molecule has 0 aliphatic carbocycles. The topological polar surface area (TPSA) is 74.3 Å². The number of carbonyl (C=O) groups is 2. The number of likely N-dealkylation sites (N-methyl/N-ethyl adjacent to an activating group) is 1. The Balaban J connectivity index is 1.82. The van der Waals surface area contributed by atoms with E-state index in [1.165, 1.54) is 0 Å². The average molecular weight is 358 g/mol. The molecule has 0 amide bonds. The van der Waals surface area contributed by atoms with Crippen molar-refractivity contribution in [3.8, 4) is 11.5 Å². The summed E-state index contributed by atoms with van der Waals surface area (Å²) < 4.78 is 19.9. The zero-order chi connectivity index (χ0) is 17.7. The summed E-state index contributed by atoms with van der Waals surface area (Å²) in [6, 6.07) is 5.76. The minimum Gasteiger partial charge on any atom is -0.493 e. The molecule has 1 aliphatic heterocycles. The van der Waals surface area contributed by atoms with Crippen LogP contribution in [0.1, 0.15) is 12.0 Å². The maximum Gasteiger partial charge on any atom is 0.421 e. The molecule has 24 heavy (non-hydrogen) atoms. The number of esters is 2. The zero-order valence-corrected chi connectivity index (χ0v) is 14.6. The number of carbonyl (C=O) groups excluding carboxylic acids is 2. The Morgan fingerprint density at radius 1 is 1.08 bits per heavy atom. The van der Waals surface area contributed by atoms with Crippen LogP contribution in [0.25, 0.3) is 0 Å². The van der Waals surface area contributed by atoms with Gasteiger partial charge in [-0.15, -0.1) is 0 Å². The van der Waals surface area contributed by atoms with E-state index in [2.05, 4.69) is 0 Å². The van der Waals surface area contributed by atoms with Crippen molar-refractivity contribution in [1.82, 2.24) is 4.90 Å². The molecule has 1 heterocycles. The molecule has 0 bridgehead atoms. The molecule has 1 aliphatic rings. The first kappa shape index (κ1) is 18.4. The zero-order valence-electron chi connectivity index (χ0n) is 13.8. The predicted molar refractivity (Wildman–Crippen MR) is 86.1 cm³/mol. The van der Waals surface area contributed by atoms with Crippen molar-refractivity contribution in [3.63, 3.8) is 0 Å². The molecule has 1 saturated heterocycles. The number of rotatable bonds is 8. The van der Waals surface area contributed by atoms with Crippen LogP contribution < -0.4 is 9.47 Å². The smallest absolute Gasteiger partial charge is 0.421 e. The summed E-state index contributed by atoms with van der Waals surface area (Å²) in [5, 5.41) is -1.69. The lowest BCUT2D eigenvalue weighted by Gasteiger charge is -2.22. The van der Waals surface area contributed by atoms with Crippen LogP contribution in [-0.4, -0.2) is 56.4 Å². The lowest BCUT2D eigenvalue weighted by Crippen LogP contribution is -2.31. The number of methoxy groups -OCH3 is 2. The van der Waals surface area contributed by atoms with Gasteiger partial charge in [-0.3, -0.25) is 0 Å². The molecule has 8 heteroatoms. The van der Waals surface area contributed by atoms with Crippen LogP contribution in [0.2, 0.25) is 0 Å². The lowest BCUT2D eigenvalue weighted by atomic mass is 10.1. The fraction of sp³-hybridized carbons (Fsp3) is 0.500. The van der Waals surface area contributed by atoms with Gasteiger partial charge in [0.1, 0.15) is 0 Å². The van der Waals surface area contributed by atoms with E-state index in [0.29, 0.717) is 18.0 Å². The van der Waals surface area contributed by atoms with Crippen molar-refractivity contribution in [2.75, 3.05) is 34.4 Å². The third-order valence-corrected chi connectivity index (χ3v) is 4.02. The maximum absolute atomic E-state index is 11.0. The Morgan fingerprint density at radius 2 is 1.71 bits per heavy atom. The maximum atomic E-state index is 11.0. The van der Waals surface area contributed by atoms with E-state index in [0.717, 1.165) is 18.5 Å². The Labute approximate surface area is 145 Å². The molecule has 0 unspecified atom stereocenters. The second-order valence-electron chi connectivity index (χ2n) is 5.43. The molecule has 0 atom stereocenters. The highest BCUT2D eigenvalue weighted by atomic mass is 35.5. The Hall–Kier alpha value is -1.99. The van der Waals surface area contributed by atoms with Crippen molar-refractivity contribution in [3.05, 3.63) is 23.8 Å². The number of hydrogen-bond acceptors (Lipinski definition) is 7. The van der Waals surface area contributed by atoms with Crippen LogP contribution in [0, 0.1) is 0 Å². The number of cyclic esters (lactones) is 2. The first-order valence-corrected chi connectivity index (χ1v) is 7.79. The second kappa shape index (κ2) is 7.72. The number of nitrogens with zero attached hydrogens (tertiary/aromatic N) is 1. The summed E-state index contributed by atoms with van der Waals surface area (Å²) >= 11 is 5.95. The molecular formula is C16H20ClNO6. The molecule has 0 saturated carbocycles. The van der Waals surface area contributed by atoms with Gasteiger partial charge < -0.3 is 23.8 Å². The number of ether oxygens (including phenoxy) is 4. The van der Waals surface area contributed by atoms with Gasteiger partial charge in [0.05, 0.1) is 20.6 Å². The van der Waals surface area contributed by atoms with E-state index < -0.39 is 17.2 Å². The van der Waals surface area contributed by atoms with Crippen LogP contribution in [0.4, 0.5) is 0 Å². The van der Waals surface area contributed by atoms with Gasteiger partial charge in [-0.05, 0) is 42.8 Å². The van der Waals surface area contributed by atoms with Crippen molar-refractivity contribution in [2.45, 2.75) is 18.1 Å². The van der Waals surface area contributed by atoms with Crippen molar-refractivity contribution in [1.29, 1.82) is 0 Å². The average Bonchev–Trinajstić information content (AvgIpc) is 2.83. The molecule has 132 valence electrons. The standard InChI is InChI=1S/C16H20ClNO6/c1-18(9-7-16(17)23-14(19)15(20)24-16)8-6-11-4-5-12(21-2)13(10-11)22-3/h4-5,10H,6-9H2,1-3H3. The fourth-order valence-corrected chi connectivity index (χ4v) is 2.50. The van der Waals surface area contributed by atoms with Crippen LogP contribution in [0.15, 0.2) is 18.2 Å². The summed E-state index contributed by atoms with van der Waals surface area (Å²) in [6.45, 7) is 1.24. The van der Waals surface area contributed by atoms with E-state index in [9.17, 15) is 9.59 Å². The van der Waals surface area contributed by atoms with Gasteiger partial charge in [-0.25, -0.2) is 9.59 Å². The summed E-state index contributed by atoms with van der Waals surface area (Å²) in [6.07, 6.45) is 0.972. The minimum absolute atomic E-state index is 0.189. The predicted octanol–water partition coefficient (Wildman–Crippen LogP) is 1.56. The lowest BCUT2D eigenvalue weighted by molar-refractivity contribution is -0.150. The fourth-order valence-electron chi connectivity index (χ4n) is 2.28. The third kappa shape index (κ3) is 4.52. The van der Waals surface area contributed by atoms with Gasteiger partial charge in [-0.2, -0.15) is 0 Å². The Bertz CT molecular complexity index is 605. The van der Waals surface area contributed by atoms with Crippen LogP contribution in [-0.2, 0) is 25.5 Å². The SMILES string of the molecule is COc1ccc(CCN(C)CCC2(Cl)OC(=O)C(=O)O2)cc1OC. The highest BCUT2D eigenvalue weighted by Crippen LogP contribution is 2.30. The summed E-state index contributed by atoms with van der Waals surface area (Å²) in [5.74, 6) is -0.748.